The summed E-state index contributed by atoms with van der Waals surface area (Å²) >= 11 is 0. The molecule has 7 nitrogen and oxygen atoms in total. The van der Waals surface area contributed by atoms with E-state index in [1.54, 1.807) is 11.8 Å². The zero-order valence-corrected chi connectivity index (χ0v) is 21.7. The number of carbonyl (C=O) groups excluding carboxylic acids is 3. The number of aliphatic hydroxyl groups excluding tert-OH is 1. The van der Waals surface area contributed by atoms with Gasteiger partial charge >= 0.3 is 5.97 Å². The Morgan fingerprint density at radius 2 is 1.79 bits per heavy atom. The fourth-order valence-electron chi connectivity index (χ4n) is 5.98. The molecule has 1 saturated heterocycles. The third-order valence-corrected chi connectivity index (χ3v) is 6.86. The molecule has 0 aromatic carbocycles. The number of esters is 1. The van der Waals surface area contributed by atoms with Crippen molar-refractivity contribution >= 4 is 17.8 Å². The van der Waals surface area contributed by atoms with Crippen LogP contribution in [0, 0.1) is 29.1 Å². The second-order valence-electron chi connectivity index (χ2n) is 11.4. The van der Waals surface area contributed by atoms with Gasteiger partial charge in [-0.05, 0) is 51.4 Å². The Labute approximate surface area is 199 Å². The van der Waals surface area contributed by atoms with E-state index in [9.17, 15) is 19.5 Å². The van der Waals surface area contributed by atoms with E-state index in [0.29, 0.717) is 12.8 Å². The van der Waals surface area contributed by atoms with Crippen LogP contribution in [-0.4, -0.2) is 58.6 Å². The molecule has 1 fully saturated rings. The highest BCUT2D eigenvalue weighted by molar-refractivity contribution is 5.96. The first-order chi connectivity index (χ1) is 15.3. The Hall–Kier alpha value is -1.89. The van der Waals surface area contributed by atoms with Crippen LogP contribution in [0.15, 0.2) is 12.2 Å². The summed E-state index contributed by atoms with van der Waals surface area (Å²) in [4.78, 5) is 42.0. The van der Waals surface area contributed by atoms with E-state index in [-0.39, 0.29) is 42.3 Å². The second kappa shape index (κ2) is 10.6. The minimum absolute atomic E-state index is 0.00957. The lowest BCUT2D eigenvalue weighted by Crippen LogP contribution is -2.56. The highest BCUT2D eigenvalue weighted by Gasteiger charge is 2.59. The zero-order chi connectivity index (χ0) is 25.1. The molecule has 0 radical (unpaired) electrons. The van der Waals surface area contributed by atoms with Gasteiger partial charge in [0.25, 0.3) is 0 Å². The molecular formula is C26H44N2O5. The third kappa shape index (κ3) is 5.97. The van der Waals surface area contributed by atoms with Crippen LogP contribution in [0.25, 0.3) is 0 Å². The predicted octanol–water partition coefficient (Wildman–Crippen LogP) is 3.31. The number of fused-ring (bicyclic) bond motifs is 1. The van der Waals surface area contributed by atoms with Crippen LogP contribution < -0.4 is 5.32 Å². The Bertz CT molecular complexity index is 750. The van der Waals surface area contributed by atoms with Crippen LogP contribution >= 0.6 is 0 Å². The molecule has 0 bridgehead atoms. The van der Waals surface area contributed by atoms with Gasteiger partial charge in [-0.25, -0.2) is 0 Å². The van der Waals surface area contributed by atoms with Crippen LogP contribution in [0.2, 0.25) is 0 Å². The van der Waals surface area contributed by atoms with Gasteiger partial charge in [0.15, 0.2) is 0 Å². The normalized spacial score (nSPS) is 28.5. The predicted molar refractivity (Wildman–Crippen MR) is 128 cm³/mol. The van der Waals surface area contributed by atoms with Crippen molar-refractivity contribution in [1.82, 2.24) is 10.2 Å². The number of carbonyl (C=O) groups is 3. The van der Waals surface area contributed by atoms with Gasteiger partial charge in [-0.1, -0.05) is 46.8 Å². The molecule has 1 heterocycles. The van der Waals surface area contributed by atoms with Crippen molar-refractivity contribution in [2.75, 3.05) is 13.2 Å². The topological polar surface area (TPSA) is 95.9 Å². The number of aliphatic hydroxyl groups is 1. The molecule has 0 unspecified atom stereocenters. The first-order valence-corrected chi connectivity index (χ1v) is 12.4. The molecule has 1 aliphatic carbocycles. The van der Waals surface area contributed by atoms with Crippen LogP contribution in [0.1, 0.15) is 74.7 Å². The molecule has 0 spiro atoms. The van der Waals surface area contributed by atoms with E-state index in [2.05, 4.69) is 26.1 Å². The molecule has 7 heteroatoms. The summed E-state index contributed by atoms with van der Waals surface area (Å²) in [6.07, 6.45) is 5.89. The van der Waals surface area contributed by atoms with Gasteiger partial charge in [0.2, 0.25) is 11.8 Å². The molecule has 33 heavy (non-hydrogen) atoms. The summed E-state index contributed by atoms with van der Waals surface area (Å²) in [5.41, 5.74) is -0.469. The highest BCUT2D eigenvalue weighted by Crippen LogP contribution is 2.46. The first-order valence-electron chi connectivity index (χ1n) is 12.4. The lowest BCUT2D eigenvalue weighted by atomic mass is 9.69. The Morgan fingerprint density at radius 3 is 2.27 bits per heavy atom. The standard InChI is InChI=1S/C26H44N2O5/c1-9-16-12-13-18-20(19(16)24(32)33-11-3)23(31)28(17(10-2)14-29)21(18)22(30)27-26(7,8)15-25(4,5)6/h12-13,16-21,29H,9-11,14-15H2,1-8H3,(H,27,30)/t16-,17+,18+,19-,20+,21+/m1/s1. The van der Waals surface area contributed by atoms with Crippen molar-refractivity contribution in [2.45, 2.75) is 92.3 Å². The zero-order valence-electron chi connectivity index (χ0n) is 21.7. The number of amides is 2. The molecule has 2 N–H and O–H groups in total. The minimum atomic E-state index is -0.773. The number of ether oxygens (including phenoxy) is 1. The summed E-state index contributed by atoms with van der Waals surface area (Å²) in [7, 11) is 0. The summed E-state index contributed by atoms with van der Waals surface area (Å²) < 4.78 is 5.36. The largest absolute Gasteiger partial charge is 0.466 e. The van der Waals surface area contributed by atoms with Gasteiger partial charge in [0.05, 0.1) is 31.1 Å². The average Bonchev–Trinajstić information content (AvgIpc) is 2.99. The van der Waals surface area contributed by atoms with E-state index in [1.807, 2.05) is 39.8 Å². The van der Waals surface area contributed by atoms with Crippen molar-refractivity contribution in [3.63, 3.8) is 0 Å². The Kier molecular flexibility index (Phi) is 8.77. The molecular weight excluding hydrogens is 420 g/mol. The van der Waals surface area contributed by atoms with Crippen LogP contribution in [0.3, 0.4) is 0 Å². The number of allylic oxidation sites excluding steroid dienone is 1. The molecule has 1 aliphatic heterocycles. The van der Waals surface area contributed by atoms with Gasteiger partial charge in [-0.2, -0.15) is 0 Å². The number of rotatable bonds is 9. The van der Waals surface area contributed by atoms with E-state index < -0.39 is 35.4 Å². The van der Waals surface area contributed by atoms with Crippen molar-refractivity contribution in [1.29, 1.82) is 0 Å². The van der Waals surface area contributed by atoms with E-state index in [4.69, 9.17) is 4.74 Å². The molecule has 6 atom stereocenters. The monoisotopic (exact) mass is 464 g/mol. The summed E-state index contributed by atoms with van der Waals surface area (Å²) in [5.74, 6) is -2.72. The second-order valence-corrected chi connectivity index (χ2v) is 11.4. The van der Waals surface area contributed by atoms with E-state index in [1.165, 1.54) is 0 Å². The lowest BCUT2D eigenvalue weighted by Gasteiger charge is -2.38. The quantitative estimate of drug-likeness (QED) is 0.403. The Morgan fingerprint density at radius 1 is 1.15 bits per heavy atom. The smallest absolute Gasteiger partial charge is 0.310 e. The first kappa shape index (κ1) is 27.4. The van der Waals surface area contributed by atoms with Gasteiger partial charge in [-0.3, -0.25) is 14.4 Å². The molecule has 2 rings (SSSR count). The summed E-state index contributed by atoms with van der Waals surface area (Å²) in [6.45, 7) is 16.0. The lowest BCUT2D eigenvalue weighted by molar-refractivity contribution is -0.156. The van der Waals surface area contributed by atoms with Gasteiger partial charge in [-0.15, -0.1) is 0 Å². The fraction of sp³-hybridized carbons (Fsp3) is 0.808. The van der Waals surface area contributed by atoms with Crippen molar-refractivity contribution in [3.05, 3.63) is 12.2 Å². The number of hydrogen-bond acceptors (Lipinski definition) is 5. The van der Waals surface area contributed by atoms with Crippen molar-refractivity contribution in [3.8, 4) is 0 Å². The fourth-order valence-corrected chi connectivity index (χ4v) is 5.98. The average molecular weight is 465 g/mol. The number of likely N-dealkylation sites (tertiary alicyclic amines) is 1. The van der Waals surface area contributed by atoms with Crippen LogP contribution in [-0.2, 0) is 19.1 Å². The maximum Gasteiger partial charge on any atom is 0.310 e. The highest BCUT2D eigenvalue weighted by atomic mass is 16.5. The molecule has 0 aromatic rings. The van der Waals surface area contributed by atoms with Crippen LogP contribution in [0.5, 0.6) is 0 Å². The molecule has 2 aliphatic rings. The van der Waals surface area contributed by atoms with Gasteiger partial charge < -0.3 is 20.1 Å². The SMILES string of the molecule is CCOC(=O)[C@H]1[C@H]2C(=O)N([C@@H](CC)CO)[C@H](C(=O)NC(C)(C)CC(C)(C)C)[C@H]2C=C[C@H]1CC. The molecule has 188 valence electrons. The van der Waals surface area contributed by atoms with Gasteiger partial charge in [0.1, 0.15) is 6.04 Å². The summed E-state index contributed by atoms with van der Waals surface area (Å²) in [6, 6.07) is -1.26. The van der Waals surface area contributed by atoms with E-state index >= 15 is 0 Å². The Balaban J connectivity index is 2.50. The van der Waals surface area contributed by atoms with E-state index in [0.717, 1.165) is 6.42 Å². The third-order valence-electron chi connectivity index (χ3n) is 6.86. The van der Waals surface area contributed by atoms with Crippen molar-refractivity contribution < 1.29 is 24.2 Å². The number of nitrogens with zero attached hydrogens (tertiary/aromatic N) is 1. The van der Waals surface area contributed by atoms with Crippen LogP contribution in [0.4, 0.5) is 0 Å². The molecule has 2 amide bonds. The molecule has 0 saturated carbocycles. The van der Waals surface area contributed by atoms with Crippen molar-refractivity contribution in [2.24, 2.45) is 29.1 Å². The maximum absolute atomic E-state index is 13.8. The molecule has 0 aromatic heterocycles. The minimum Gasteiger partial charge on any atom is -0.466 e. The number of hydrogen-bond donors (Lipinski definition) is 2. The van der Waals surface area contributed by atoms with Gasteiger partial charge in [0, 0.05) is 11.5 Å². The maximum atomic E-state index is 13.8. The summed E-state index contributed by atoms with van der Waals surface area (Å²) in [5, 5.41) is 13.2. The number of nitrogens with one attached hydrogen (secondary N) is 1.